The second-order valence-electron chi connectivity index (χ2n) is 3.73. The van der Waals surface area contributed by atoms with E-state index in [1.54, 1.807) is 7.05 Å². The number of benzene rings is 1. The molecule has 0 fully saturated rings. The van der Waals surface area contributed by atoms with E-state index in [9.17, 15) is 8.42 Å². The van der Waals surface area contributed by atoms with Gasteiger partial charge in [-0.1, -0.05) is 11.6 Å². The molecule has 0 spiro atoms. The minimum atomic E-state index is -3.62. The molecule has 2 rings (SSSR count). The highest BCUT2D eigenvalue weighted by atomic mass is 79.9. The molecule has 0 amide bonds. The van der Waals surface area contributed by atoms with Crippen molar-refractivity contribution < 1.29 is 8.42 Å². The van der Waals surface area contributed by atoms with Crippen molar-refractivity contribution in [1.82, 2.24) is 19.5 Å². The van der Waals surface area contributed by atoms with E-state index in [1.165, 1.54) is 29.2 Å². The maximum absolute atomic E-state index is 12.0. The maximum Gasteiger partial charge on any atom is 0.241 e. The first-order valence-corrected chi connectivity index (χ1v) is 7.83. The molecule has 0 unspecified atom stereocenters. The van der Waals surface area contributed by atoms with Crippen LogP contribution in [-0.4, -0.2) is 23.2 Å². The van der Waals surface area contributed by atoms with Gasteiger partial charge < -0.3 is 0 Å². The Labute approximate surface area is 124 Å². The molecule has 9 heteroatoms. The third-order valence-corrected chi connectivity index (χ3v) is 4.88. The minimum absolute atomic E-state index is 0.0312. The molecule has 1 aromatic heterocycles. The fraction of sp³-hybridized carbons (Fsp3) is 0.200. The van der Waals surface area contributed by atoms with Crippen molar-refractivity contribution >= 4 is 37.6 Å². The van der Waals surface area contributed by atoms with Crippen LogP contribution in [-0.2, 0) is 23.6 Å². The molecular formula is C10H10BrClN4O2S. The topological polar surface area (TPSA) is 76.9 Å². The van der Waals surface area contributed by atoms with E-state index in [0.717, 1.165) is 0 Å². The van der Waals surface area contributed by atoms with Crippen molar-refractivity contribution in [3.63, 3.8) is 0 Å². The highest BCUT2D eigenvalue weighted by Gasteiger charge is 2.15. The minimum Gasteiger partial charge on any atom is -0.256 e. The molecule has 19 heavy (non-hydrogen) atoms. The van der Waals surface area contributed by atoms with E-state index < -0.39 is 10.0 Å². The van der Waals surface area contributed by atoms with Crippen molar-refractivity contribution in [2.45, 2.75) is 11.4 Å². The Morgan fingerprint density at radius 1 is 1.47 bits per heavy atom. The average molecular weight is 366 g/mol. The predicted octanol–water partition coefficient (Wildman–Crippen LogP) is 1.71. The predicted molar refractivity (Wildman–Crippen MR) is 74.2 cm³/mol. The van der Waals surface area contributed by atoms with Crippen LogP contribution in [0.1, 0.15) is 5.82 Å². The Bertz CT molecular complexity index is 701. The molecule has 0 saturated carbocycles. The smallest absolute Gasteiger partial charge is 0.241 e. The van der Waals surface area contributed by atoms with Gasteiger partial charge in [0.2, 0.25) is 10.0 Å². The van der Waals surface area contributed by atoms with Crippen LogP contribution in [0.15, 0.2) is 33.9 Å². The van der Waals surface area contributed by atoms with Gasteiger partial charge in [-0.05, 0) is 34.1 Å². The number of halogens is 2. The van der Waals surface area contributed by atoms with Gasteiger partial charge in [-0.25, -0.2) is 18.1 Å². The average Bonchev–Trinajstić information content (AvgIpc) is 2.76. The SMILES string of the molecule is Cn1cnc(CNS(=O)(=O)c2ccc(Cl)c(Br)c2)n1. The number of rotatable bonds is 4. The summed E-state index contributed by atoms with van der Waals surface area (Å²) in [5, 5.41) is 4.44. The van der Waals surface area contributed by atoms with Crippen LogP contribution in [0.25, 0.3) is 0 Å². The van der Waals surface area contributed by atoms with Crippen molar-refractivity contribution in [2.75, 3.05) is 0 Å². The number of hydrogen-bond donors (Lipinski definition) is 1. The lowest BCUT2D eigenvalue weighted by molar-refractivity contribution is 0.578. The summed E-state index contributed by atoms with van der Waals surface area (Å²) in [4.78, 5) is 4.06. The molecule has 0 aliphatic heterocycles. The van der Waals surface area contributed by atoms with Crippen LogP contribution in [0, 0.1) is 0 Å². The van der Waals surface area contributed by atoms with E-state index in [-0.39, 0.29) is 11.4 Å². The third kappa shape index (κ3) is 3.53. The van der Waals surface area contributed by atoms with E-state index in [0.29, 0.717) is 15.3 Å². The van der Waals surface area contributed by atoms with Gasteiger partial charge in [0.1, 0.15) is 6.33 Å². The van der Waals surface area contributed by atoms with E-state index >= 15 is 0 Å². The Morgan fingerprint density at radius 3 is 2.79 bits per heavy atom. The summed E-state index contributed by atoms with van der Waals surface area (Å²) in [5.41, 5.74) is 0. The van der Waals surface area contributed by atoms with Crippen LogP contribution in [0.5, 0.6) is 0 Å². The molecule has 102 valence electrons. The van der Waals surface area contributed by atoms with Gasteiger partial charge in [0.15, 0.2) is 5.82 Å². The molecule has 0 saturated heterocycles. The molecule has 1 N–H and O–H groups in total. The first kappa shape index (κ1) is 14.4. The van der Waals surface area contributed by atoms with Crippen molar-refractivity contribution in [3.05, 3.63) is 39.8 Å². The van der Waals surface area contributed by atoms with Crippen LogP contribution in [0.2, 0.25) is 5.02 Å². The lowest BCUT2D eigenvalue weighted by Crippen LogP contribution is -2.24. The quantitative estimate of drug-likeness (QED) is 0.895. The standard InChI is InChI=1S/C10H10BrClN4O2S/c1-16-6-13-10(15-16)5-14-19(17,18)7-2-3-9(12)8(11)4-7/h2-4,6,14H,5H2,1H3. The summed E-state index contributed by atoms with van der Waals surface area (Å²) < 4.78 is 28.5. The summed E-state index contributed by atoms with van der Waals surface area (Å²) in [7, 11) is -1.91. The van der Waals surface area contributed by atoms with E-state index in [2.05, 4.69) is 30.7 Å². The van der Waals surface area contributed by atoms with Gasteiger partial charge in [-0.15, -0.1) is 0 Å². The number of aromatic nitrogens is 3. The fourth-order valence-electron chi connectivity index (χ4n) is 1.35. The van der Waals surface area contributed by atoms with Crippen LogP contribution in [0.3, 0.4) is 0 Å². The van der Waals surface area contributed by atoms with E-state index in [1.807, 2.05) is 0 Å². The molecule has 2 aromatic rings. The fourth-order valence-corrected chi connectivity index (χ4v) is 3.01. The van der Waals surface area contributed by atoms with Crippen LogP contribution in [0.4, 0.5) is 0 Å². The Balaban J connectivity index is 2.16. The third-order valence-electron chi connectivity index (χ3n) is 2.27. The summed E-state index contributed by atoms with van der Waals surface area (Å²) in [5.74, 6) is 0.402. The Morgan fingerprint density at radius 2 is 2.21 bits per heavy atom. The number of nitrogens with zero attached hydrogens (tertiary/aromatic N) is 3. The molecular weight excluding hydrogens is 356 g/mol. The highest BCUT2D eigenvalue weighted by Crippen LogP contribution is 2.25. The molecule has 0 bridgehead atoms. The normalized spacial score (nSPS) is 11.7. The second-order valence-corrected chi connectivity index (χ2v) is 6.76. The largest absolute Gasteiger partial charge is 0.256 e. The zero-order chi connectivity index (χ0) is 14.0. The van der Waals surface area contributed by atoms with Gasteiger partial charge in [0.05, 0.1) is 16.5 Å². The number of nitrogens with one attached hydrogen (secondary N) is 1. The highest BCUT2D eigenvalue weighted by molar-refractivity contribution is 9.10. The Kier molecular flexibility index (Phi) is 4.24. The zero-order valence-corrected chi connectivity index (χ0v) is 13.0. The molecule has 6 nitrogen and oxygen atoms in total. The molecule has 0 atom stereocenters. The van der Waals surface area contributed by atoms with Gasteiger partial charge in [0.25, 0.3) is 0 Å². The lowest BCUT2D eigenvalue weighted by Gasteiger charge is -2.06. The van der Waals surface area contributed by atoms with Crippen molar-refractivity contribution in [2.24, 2.45) is 7.05 Å². The maximum atomic E-state index is 12.0. The van der Waals surface area contributed by atoms with E-state index in [4.69, 9.17) is 11.6 Å². The molecule has 0 aliphatic carbocycles. The molecule has 1 heterocycles. The molecule has 1 aromatic carbocycles. The lowest BCUT2D eigenvalue weighted by atomic mass is 10.4. The van der Waals surface area contributed by atoms with Gasteiger partial charge >= 0.3 is 0 Å². The monoisotopic (exact) mass is 364 g/mol. The molecule has 0 radical (unpaired) electrons. The van der Waals surface area contributed by atoms with Crippen molar-refractivity contribution in [1.29, 1.82) is 0 Å². The van der Waals surface area contributed by atoms with Gasteiger partial charge in [-0.3, -0.25) is 4.68 Å². The summed E-state index contributed by atoms with van der Waals surface area (Å²) >= 11 is 9.01. The summed E-state index contributed by atoms with van der Waals surface area (Å²) in [6, 6.07) is 4.39. The Hall–Kier alpha value is -0.960. The number of aryl methyl sites for hydroxylation is 1. The van der Waals surface area contributed by atoms with Gasteiger partial charge in [0, 0.05) is 11.5 Å². The van der Waals surface area contributed by atoms with Crippen molar-refractivity contribution in [3.8, 4) is 0 Å². The van der Waals surface area contributed by atoms with Crippen LogP contribution >= 0.6 is 27.5 Å². The summed E-state index contributed by atoms with van der Waals surface area (Å²) in [6.07, 6.45) is 1.50. The van der Waals surface area contributed by atoms with Gasteiger partial charge in [-0.2, -0.15) is 5.10 Å². The first-order valence-electron chi connectivity index (χ1n) is 5.18. The summed E-state index contributed by atoms with van der Waals surface area (Å²) in [6.45, 7) is 0.0312. The molecule has 0 aliphatic rings. The first-order chi connectivity index (χ1) is 8.88. The second kappa shape index (κ2) is 5.58. The number of hydrogen-bond acceptors (Lipinski definition) is 4. The van der Waals surface area contributed by atoms with Crippen LogP contribution < -0.4 is 4.72 Å². The zero-order valence-electron chi connectivity index (χ0n) is 9.84. The number of sulfonamides is 1.